The molecule has 1 radical (unpaired) electrons. The molecule has 0 aliphatic rings. The Morgan fingerprint density at radius 1 is 1.23 bits per heavy atom. The van der Waals surface area contributed by atoms with Crippen molar-refractivity contribution < 1.29 is 0 Å². The molecule has 1 rings (SSSR count). The summed E-state index contributed by atoms with van der Waals surface area (Å²) in [5, 5.41) is 0. The second-order valence-electron chi connectivity index (χ2n) is 3.41. The first kappa shape index (κ1) is 10.0. The number of hydrogen-bond acceptors (Lipinski definition) is 0. The summed E-state index contributed by atoms with van der Waals surface area (Å²) >= 11 is 0. The third kappa shape index (κ3) is 3.45. The quantitative estimate of drug-likeness (QED) is 0.596. The van der Waals surface area contributed by atoms with Crippen molar-refractivity contribution in [3.05, 3.63) is 48.0 Å². The van der Waals surface area contributed by atoms with E-state index in [0.717, 1.165) is 6.42 Å². The summed E-state index contributed by atoms with van der Waals surface area (Å²) in [6.45, 7) is 7.48. The van der Waals surface area contributed by atoms with Gasteiger partial charge >= 0.3 is 0 Å². The molecule has 0 aliphatic carbocycles. The predicted octanol–water partition coefficient (Wildman–Crippen LogP) is 3.70. The van der Waals surface area contributed by atoms with Crippen molar-refractivity contribution >= 4 is 0 Å². The van der Waals surface area contributed by atoms with Crippen molar-refractivity contribution in [3.63, 3.8) is 0 Å². The van der Waals surface area contributed by atoms with Gasteiger partial charge in [-0.05, 0) is 43.7 Å². The molecule has 1 aromatic rings. The van der Waals surface area contributed by atoms with Gasteiger partial charge in [0, 0.05) is 0 Å². The van der Waals surface area contributed by atoms with Crippen molar-refractivity contribution in [2.24, 2.45) is 0 Å². The summed E-state index contributed by atoms with van der Waals surface area (Å²) in [7, 11) is 0. The van der Waals surface area contributed by atoms with Crippen LogP contribution in [0.2, 0.25) is 0 Å². The topological polar surface area (TPSA) is 0 Å². The van der Waals surface area contributed by atoms with Crippen LogP contribution in [0.3, 0.4) is 0 Å². The zero-order valence-corrected chi connectivity index (χ0v) is 8.29. The van der Waals surface area contributed by atoms with E-state index in [1.807, 2.05) is 0 Å². The molecule has 69 valence electrons. The molecule has 13 heavy (non-hydrogen) atoms. The first-order chi connectivity index (χ1) is 6.34. The Hall–Kier alpha value is -1.04. The number of rotatable bonds is 5. The molecule has 0 atom stereocenters. The summed E-state index contributed by atoms with van der Waals surface area (Å²) < 4.78 is 0. The lowest BCUT2D eigenvalue weighted by molar-refractivity contribution is 0.745. The summed E-state index contributed by atoms with van der Waals surface area (Å²) in [5.74, 6) is 0. The molecule has 0 heterocycles. The van der Waals surface area contributed by atoms with Gasteiger partial charge in [0.05, 0.1) is 0 Å². The third-order valence-corrected chi connectivity index (χ3v) is 2.33. The van der Waals surface area contributed by atoms with Gasteiger partial charge in [0.1, 0.15) is 0 Å². The molecule has 0 nitrogen and oxygen atoms in total. The molecule has 0 fully saturated rings. The van der Waals surface area contributed by atoms with Gasteiger partial charge in [0.25, 0.3) is 0 Å². The van der Waals surface area contributed by atoms with E-state index in [1.165, 1.54) is 30.4 Å². The highest BCUT2D eigenvalue weighted by Gasteiger charge is 1.95. The van der Waals surface area contributed by atoms with Crippen molar-refractivity contribution in [3.8, 4) is 0 Å². The molecular formula is C13H17. The first-order valence-electron chi connectivity index (χ1n) is 4.92. The molecule has 0 heteroatoms. The molecule has 0 amide bonds. The zero-order chi connectivity index (χ0) is 9.52. The minimum Gasteiger partial charge on any atom is -0.0845 e. The molecule has 0 aliphatic heterocycles. The van der Waals surface area contributed by atoms with Crippen LogP contribution in [0.4, 0.5) is 0 Å². The second kappa shape index (κ2) is 5.58. The highest BCUT2D eigenvalue weighted by molar-refractivity contribution is 5.25. The van der Waals surface area contributed by atoms with Crippen LogP contribution in [0.1, 0.15) is 30.4 Å². The van der Waals surface area contributed by atoms with E-state index in [-0.39, 0.29) is 0 Å². The molecule has 0 saturated carbocycles. The number of benzene rings is 1. The average molecular weight is 173 g/mol. The summed E-state index contributed by atoms with van der Waals surface area (Å²) in [6, 6.07) is 8.58. The average Bonchev–Trinajstić information content (AvgIpc) is 2.15. The van der Waals surface area contributed by atoms with Gasteiger partial charge in [-0.25, -0.2) is 0 Å². The molecule has 0 saturated heterocycles. The predicted molar refractivity (Wildman–Crippen MR) is 57.6 cm³/mol. The normalized spacial score (nSPS) is 9.92. The SMILES string of the molecule is [CH]=CCCCCc1ccccc1C. The van der Waals surface area contributed by atoms with E-state index >= 15 is 0 Å². The maximum absolute atomic E-state index is 5.31. The molecule has 0 aromatic heterocycles. The van der Waals surface area contributed by atoms with Gasteiger partial charge in [-0.3, -0.25) is 0 Å². The van der Waals surface area contributed by atoms with Crippen molar-refractivity contribution in [1.82, 2.24) is 0 Å². The van der Waals surface area contributed by atoms with Crippen LogP contribution < -0.4 is 0 Å². The number of aryl methyl sites for hydroxylation is 2. The standard InChI is InChI=1S/C13H17/c1-3-4-5-6-10-13-11-8-7-9-12(13)2/h1,3,7-9,11H,4-6,10H2,2H3. The van der Waals surface area contributed by atoms with E-state index in [4.69, 9.17) is 6.58 Å². The summed E-state index contributed by atoms with van der Waals surface area (Å²) in [6.07, 6.45) is 6.40. The van der Waals surface area contributed by atoms with Gasteiger partial charge < -0.3 is 0 Å². The van der Waals surface area contributed by atoms with Crippen LogP contribution in [0.25, 0.3) is 0 Å². The Labute approximate surface area is 81.3 Å². The van der Waals surface area contributed by atoms with Crippen molar-refractivity contribution in [2.45, 2.75) is 32.6 Å². The van der Waals surface area contributed by atoms with Crippen LogP contribution in [-0.2, 0) is 6.42 Å². The fourth-order valence-electron chi connectivity index (χ4n) is 1.47. The van der Waals surface area contributed by atoms with Crippen LogP contribution in [0, 0.1) is 13.5 Å². The van der Waals surface area contributed by atoms with E-state index in [2.05, 4.69) is 31.2 Å². The highest BCUT2D eigenvalue weighted by atomic mass is 14.0. The number of unbranched alkanes of at least 4 members (excludes halogenated alkanes) is 2. The van der Waals surface area contributed by atoms with Crippen LogP contribution in [0.15, 0.2) is 30.3 Å². The summed E-state index contributed by atoms with van der Waals surface area (Å²) in [4.78, 5) is 0. The molecule has 0 unspecified atom stereocenters. The largest absolute Gasteiger partial charge is 0.0845 e. The highest BCUT2D eigenvalue weighted by Crippen LogP contribution is 2.11. The van der Waals surface area contributed by atoms with Gasteiger partial charge in [-0.15, -0.1) is 0 Å². The van der Waals surface area contributed by atoms with Crippen molar-refractivity contribution in [2.75, 3.05) is 0 Å². The lowest BCUT2D eigenvalue weighted by Crippen LogP contribution is -1.88. The zero-order valence-electron chi connectivity index (χ0n) is 8.29. The Kier molecular flexibility index (Phi) is 4.31. The van der Waals surface area contributed by atoms with Gasteiger partial charge in [0.15, 0.2) is 0 Å². The van der Waals surface area contributed by atoms with Gasteiger partial charge in [-0.2, -0.15) is 0 Å². The third-order valence-electron chi connectivity index (χ3n) is 2.33. The number of hydrogen-bond donors (Lipinski definition) is 0. The van der Waals surface area contributed by atoms with Gasteiger partial charge in [-0.1, -0.05) is 36.9 Å². The monoisotopic (exact) mass is 173 g/mol. The molecule has 1 aromatic carbocycles. The Balaban J connectivity index is 2.36. The minimum absolute atomic E-state index is 1.03. The van der Waals surface area contributed by atoms with Crippen molar-refractivity contribution in [1.29, 1.82) is 0 Å². The maximum atomic E-state index is 5.31. The van der Waals surface area contributed by atoms with E-state index in [1.54, 1.807) is 6.08 Å². The molecular weight excluding hydrogens is 156 g/mol. The van der Waals surface area contributed by atoms with Gasteiger partial charge in [0.2, 0.25) is 0 Å². The molecule has 0 N–H and O–H groups in total. The molecule has 0 bridgehead atoms. The lowest BCUT2D eigenvalue weighted by Gasteiger charge is -2.03. The second-order valence-corrected chi connectivity index (χ2v) is 3.41. The summed E-state index contributed by atoms with van der Waals surface area (Å²) in [5.41, 5.74) is 2.87. The molecule has 0 spiro atoms. The lowest BCUT2D eigenvalue weighted by atomic mass is 10.0. The Morgan fingerprint density at radius 2 is 2.00 bits per heavy atom. The first-order valence-corrected chi connectivity index (χ1v) is 4.92. The van der Waals surface area contributed by atoms with E-state index in [0.29, 0.717) is 0 Å². The van der Waals surface area contributed by atoms with Crippen LogP contribution >= 0.6 is 0 Å². The van der Waals surface area contributed by atoms with Crippen LogP contribution in [-0.4, -0.2) is 0 Å². The van der Waals surface area contributed by atoms with E-state index in [9.17, 15) is 0 Å². The fourth-order valence-corrected chi connectivity index (χ4v) is 1.47. The number of allylic oxidation sites excluding steroid dienone is 1. The van der Waals surface area contributed by atoms with E-state index < -0.39 is 0 Å². The smallest absolute Gasteiger partial charge is 0.0276 e. The van der Waals surface area contributed by atoms with Crippen LogP contribution in [0.5, 0.6) is 0 Å². The minimum atomic E-state index is 1.03. The Morgan fingerprint density at radius 3 is 2.69 bits per heavy atom. The fraction of sp³-hybridized carbons (Fsp3) is 0.385. The Bertz CT molecular complexity index is 260. The maximum Gasteiger partial charge on any atom is -0.0276 e.